The Kier molecular flexibility index (Phi) is 6.49. The Morgan fingerprint density at radius 1 is 1.42 bits per heavy atom. The quantitative estimate of drug-likeness (QED) is 0.482. The number of hydrogen-bond acceptors (Lipinski definition) is 4. The maximum atomic E-state index is 11.0. The van der Waals surface area contributed by atoms with Crippen molar-refractivity contribution in [3.05, 3.63) is 35.0 Å². The molecule has 0 saturated carbocycles. The van der Waals surface area contributed by atoms with E-state index in [1.165, 1.54) is 6.07 Å². The number of rotatable bonds is 2. The lowest BCUT2D eigenvalue weighted by atomic mass is 10.2. The summed E-state index contributed by atoms with van der Waals surface area (Å²) >= 11 is 1.65. The second kappa shape index (κ2) is 7.63. The highest BCUT2D eigenvalue weighted by molar-refractivity contribution is 14.1. The van der Waals surface area contributed by atoms with Gasteiger partial charge in [-0.3, -0.25) is 0 Å². The molecule has 1 fully saturated rings. The van der Waals surface area contributed by atoms with Crippen LogP contribution in [-0.4, -0.2) is 49.1 Å². The van der Waals surface area contributed by atoms with Crippen LogP contribution in [0.15, 0.2) is 24.3 Å². The Morgan fingerprint density at radius 2 is 2.00 bits per heavy atom. The first-order valence-corrected chi connectivity index (χ1v) is 6.58. The molecule has 6 nitrogen and oxygen atoms in total. The highest BCUT2D eigenvalue weighted by Gasteiger charge is 2.14. The molecule has 7 heteroatoms. The third-order valence-electron chi connectivity index (χ3n) is 2.62. The van der Waals surface area contributed by atoms with Crippen LogP contribution in [0.25, 0.3) is 0 Å². The van der Waals surface area contributed by atoms with Crippen molar-refractivity contribution >= 4 is 29.0 Å². The molecule has 1 aromatic carbocycles. The predicted octanol–water partition coefficient (Wildman–Crippen LogP) is 2.07. The summed E-state index contributed by atoms with van der Waals surface area (Å²) in [5.41, 5.74) is 0.182. The average Bonchev–Trinajstić information content (AvgIpc) is 2.39. The minimum absolute atomic E-state index is 0.125. The average molecular weight is 381 g/mol. The fourth-order valence-electron chi connectivity index (χ4n) is 1.44. The zero-order valence-electron chi connectivity index (χ0n) is 10.5. The van der Waals surface area contributed by atoms with E-state index < -0.39 is 5.97 Å². The van der Waals surface area contributed by atoms with E-state index in [0.717, 1.165) is 0 Å². The van der Waals surface area contributed by atoms with Crippen LogP contribution in [0.5, 0.6) is 5.75 Å². The van der Waals surface area contributed by atoms with Gasteiger partial charge in [0.1, 0.15) is 24.4 Å². The summed E-state index contributed by atoms with van der Waals surface area (Å²) in [6.45, 7) is 2.47. The summed E-state index contributed by atoms with van der Waals surface area (Å²) in [6, 6.07) is 6.48. The number of likely N-dealkylation sites (N-methyl/N-ethyl adjacent to an activating group) is 1. The number of quaternary nitrogens is 1. The van der Waals surface area contributed by atoms with E-state index in [1.807, 2.05) is 0 Å². The van der Waals surface area contributed by atoms with E-state index in [4.69, 9.17) is 12.9 Å². The number of para-hydroxylation sites is 1. The third kappa shape index (κ3) is 5.72. The van der Waals surface area contributed by atoms with Gasteiger partial charge >= 0.3 is 5.97 Å². The van der Waals surface area contributed by atoms with E-state index >= 15 is 0 Å². The fourth-order valence-corrected chi connectivity index (χ4v) is 1.82. The van der Waals surface area contributed by atoms with Crippen molar-refractivity contribution < 1.29 is 22.4 Å². The number of carbonyl (C=O) groups is 1. The first-order valence-electron chi connectivity index (χ1n) is 5.70. The normalized spacial score (nSPS) is 17.0. The van der Waals surface area contributed by atoms with Gasteiger partial charge in [-0.1, -0.05) is 12.1 Å². The van der Waals surface area contributed by atoms with Crippen molar-refractivity contribution in [2.75, 3.05) is 33.4 Å². The van der Waals surface area contributed by atoms with Gasteiger partial charge in [0.05, 0.1) is 20.3 Å². The number of nitrogens with zero attached hydrogens (tertiary/aromatic N) is 1. The number of benzene rings is 1. The number of halogens is 1. The van der Waals surface area contributed by atoms with Gasteiger partial charge in [0, 0.05) is 0 Å². The number of aromatic carboxylic acids is 1. The Labute approximate surface area is 125 Å². The predicted molar refractivity (Wildman–Crippen MR) is 78.2 cm³/mol. The first-order chi connectivity index (χ1) is 8.96. The van der Waals surface area contributed by atoms with Crippen LogP contribution in [-0.2, 0) is 4.74 Å². The lowest BCUT2D eigenvalue weighted by Gasteiger charge is -2.41. The van der Waals surface area contributed by atoms with Crippen molar-refractivity contribution in [1.82, 2.24) is 0 Å². The van der Waals surface area contributed by atoms with Crippen molar-refractivity contribution in [2.24, 2.45) is 0 Å². The summed E-state index contributed by atoms with van der Waals surface area (Å²) in [4.78, 5) is 10.5. The summed E-state index contributed by atoms with van der Waals surface area (Å²) in [5.74, 6) is -0.599. The number of carboxylic acid groups (broad SMARTS) is 1. The van der Waals surface area contributed by atoms with Crippen LogP contribution in [0.4, 0.5) is 0 Å². The molecule has 0 aromatic heterocycles. The van der Waals surface area contributed by atoms with Gasteiger partial charge in [0.25, 0.3) is 0 Å². The monoisotopic (exact) mass is 381 g/mol. The van der Waals surface area contributed by atoms with Gasteiger partial charge in [-0.05, 0) is 12.1 Å². The maximum absolute atomic E-state index is 11.0. The molecule has 0 amide bonds. The second-order valence-electron chi connectivity index (χ2n) is 4.23. The Balaban J connectivity index is 0.000000200. The summed E-state index contributed by atoms with van der Waals surface area (Å²) in [6.07, 6.45) is 0. The summed E-state index contributed by atoms with van der Waals surface area (Å²) in [5, 5.41) is 19.6. The first kappa shape index (κ1) is 16.2. The van der Waals surface area contributed by atoms with Crippen LogP contribution in [0, 0.1) is 5.21 Å². The highest BCUT2D eigenvalue weighted by atomic mass is 127. The maximum Gasteiger partial charge on any atom is 0.339 e. The lowest BCUT2D eigenvalue weighted by Crippen LogP contribution is -2.46. The van der Waals surface area contributed by atoms with Gasteiger partial charge < -0.3 is 22.8 Å². The highest BCUT2D eigenvalue weighted by Crippen LogP contribution is 2.19. The molecule has 1 aliphatic rings. The van der Waals surface area contributed by atoms with E-state index in [0.29, 0.717) is 32.1 Å². The third-order valence-corrected chi connectivity index (χ3v) is 3.09. The molecule has 19 heavy (non-hydrogen) atoms. The molecule has 0 radical (unpaired) electrons. The molecule has 0 aliphatic carbocycles. The van der Waals surface area contributed by atoms with Crippen molar-refractivity contribution in [3.8, 4) is 5.75 Å². The summed E-state index contributed by atoms with van der Waals surface area (Å²) in [7, 11) is 1.68. The second-order valence-corrected chi connectivity index (χ2v) is 4.68. The molecule has 1 saturated heterocycles. The van der Waals surface area contributed by atoms with Crippen LogP contribution in [0.1, 0.15) is 10.4 Å². The van der Waals surface area contributed by atoms with E-state index in [1.54, 1.807) is 48.3 Å². The molecular formula is C12H16INO5. The fraction of sp³-hybridized carbons (Fsp3) is 0.417. The van der Waals surface area contributed by atoms with E-state index in [9.17, 15) is 10.0 Å². The molecule has 1 aliphatic heterocycles. The van der Waals surface area contributed by atoms with Gasteiger partial charge in [0.15, 0.2) is 23.0 Å². The molecule has 1 aromatic rings. The van der Waals surface area contributed by atoms with Crippen LogP contribution < -0.4 is 3.07 Å². The number of carboxylic acids is 1. The van der Waals surface area contributed by atoms with Gasteiger partial charge in [-0.25, -0.2) is 4.79 Å². The molecule has 0 bridgehead atoms. The molecule has 0 atom stereocenters. The Morgan fingerprint density at radius 3 is 2.37 bits per heavy atom. The smallest absolute Gasteiger partial charge is 0.339 e. The molecule has 1 heterocycles. The SMILES string of the molecule is C[N+]1([O-])CCOCC1.O=C(O)c1ccccc1OI. The van der Waals surface area contributed by atoms with Gasteiger partial charge in [-0.15, -0.1) is 0 Å². The molecule has 1 N–H and O–H groups in total. The molecule has 2 rings (SSSR count). The van der Waals surface area contributed by atoms with Crippen molar-refractivity contribution in [2.45, 2.75) is 0 Å². The molecule has 0 unspecified atom stereocenters. The zero-order valence-corrected chi connectivity index (χ0v) is 12.7. The Hall–Kier alpha value is -0.900. The topological polar surface area (TPSA) is 78.8 Å². The standard InChI is InChI=1S/C7H5IO3.C5H11NO2/c8-11-6-4-2-1-3-5(6)7(9)10;1-6(7)2-4-8-5-3-6/h1-4H,(H,9,10);2-5H2,1H3. The minimum Gasteiger partial charge on any atom is -0.633 e. The van der Waals surface area contributed by atoms with Gasteiger partial charge in [-0.2, -0.15) is 0 Å². The Bertz CT molecular complexity index is 416. The van der Waals surface area contributed by atoms with Gasteiger partial charge in [0.2, 0.25) is 0 Å². The molecule has 106 valence electrons. The number of hydroxylamine groups is 3. The van der Waals surface area contributed by atoms with Crippen LogP contribution in [0.3, 0.4) is 0 Å². The van der Waals surface area contributed by atoms with Crippen LogP contribution >= 0.6 is 23.0 Å². The largest absolute Gasteiger partial charge is 0.633 e. The van der Waals surface area contributed by atoms with E-state index in [2.05, 4.69) is 0 Å². The number of hydrogen-bond donors (Lipinski definition) is 1. The summed E-state index contributed by atoms with van der Waals surface area (Å²) < 4.78 is 9.66. The molecule has 0 spiro atoms. The van der Waals surface area contributed by atoms with Crippen molar-refractivity contribution in [3.63, 3.8) is 0 Å². The minimum atomic E-state index is -0.975. The molecular weight excluding hydrogens is 365 g/mol. The van der Waals surface area contributed by atoms with Crippen LogP contribution in [0.2, 0.25) is 0 Å². The number of ether oxygens (including phenoxy) is 1. The van der Waals surface area contributed by atoms with Crippen molar-refractivity contribution in [1.29, 1.82) is 0 Å². The lowest BCUT2D eigenvalue weighted by molar-refractivity contribution is -0.869. The number of morpholine rings is 1. The zero-order chi connectivity index (χ0) is 14.3. The van der Waals surface area contributed by atoms with E-state index in [-0.39, 0.29) is 10.2 Å².